The van der Waals surface area contributed by atoms with Gasteiger partial charge in [-0.05, 0) is 35.5 Å². The highest BCUT2D eigenvalue weighted by atomic mass is 79.9. The number of pyridine rings is 1. The number of nitrogens with zero attached hydrogens (tertiary/aromatic N) is 1. The number of hydrogen-bond donors (Lipinski definition) is 1. The van der Waals surface area contributed by atoms with Crippen molar-refractivity contribution in [2.24, 2.45) is 0 Å². The first-order valence-electron chi connectivity index (χ1n) is 6.30. The van der Waals surface area contributed by atoms with E-state index < -0.39 is 0 Å². The van der Waals surface area contributed by atoms with Gasteiger partial charge >= 0.3 is 0 Å². The fraction of sp³-hybridized carbons (Fsp3) is 0.615. The molecule has 3 atom stereocenters. The van der Waals surface area contributed by atoms with Crippen LogP contribution in [0, 0.1) is 0 Å². The van der Waals surface area contributed by atoms with Gasteiger partial charge < -0.3 is 14.8 Å². The third kappa shape index (κ3) is 3.22. The smallest absolute Gasteiger partial charge is 0.139 e. The maximum atomic E-state index is 5.92. The Hall–Kier alpha value is -0.650. The molecule has 3 unspecified atom stereocenters. The Labute approximate surface area is 116 Å². The van der Waals surface area contributed by atoms with E-state index in [-0.39, 0.29) is 12.2 Å². The maximum Gasteiger partial charge on any atom is 0.139 e. The number of nitrogens with one attached hydrogen (secondary N) is 1. The van der Waals surface area contributed by atoms with Gasteiger partial charge in [-0.25, -0.2) is 0 Å². The van der Waals surface area contributed by atoms with Crippen LogP contribution in [0.1, 0.15) is 19.8 Å². The van der Waals surface area contributed by atoms with Gasteiger partial charge in [-0.1, -0.05) is 6.92 Å². The molecule has 4 nitrogen and oxygen atoms in total. The standard InChI is InChI=1S/C13H19BrN2O2/c1-3-4-17-13-11(15-2)6-12(13)18-10-5-9(14)7-16-8-10/h5,7-8,11-13,15H,3-4,6H2,1-2H3. The minimum absolute atomic E-state index is 0.116. The van der Waals surface area contributed by atoms with Gasteiger partial charge in [0.2, 0.25) is 0 Å². The van der Waals surface area contributed by atoms with Gasteiger partial charge in [-0.3, -0.25) is 4.98 Å². The summed E-state index contributed by atoms with van der Waals surface area (Å²) in [4.78, 5) is 4.09. The van der Waals surface area contributed by atoms with Crippen LogP contribution in [0.3, 0.4) is 0 Å². The van der Waals surface area contributed by atoms with Crippen LogP contribution in [0.15, 0.2) is 22.9 Å². The first kappa shape index (κ1) is 13.8. The van der Waals surface area contributed by atoms with Crippen molar-refractivity contribution in [1.29, 1.82) is 0 Å². The van der Waals surface area contributed by atoms with Crippen LogP contribution in [0.4, 0.5) is 0 Å². The number of hydrogen-bond acceptors (Lipinski definition) is 4. The molecule has 1 aliphatic carbocycles. The van der Waals surface area contributed by atoms with Crippen molar-refractivity contribution in [2.45, 2.75) is 38.0 Å². The van der Waals surface area contributed by atoms with Gasteiger partial charge in [-0.15, -0.1) is 0 Å². The van der Waals surface area contributed by atoms with Crippen LogP contribution in [0.2, 0.25) is 0 Å². The Morgan fingerprint density at radius 3 is 3.00 bits per heavy atom. The maximum absolute atomic E-state index is 5.92. The van der Waals surface area contributed by atoms with Crippen molar-refractivity contribution >= 4 is 15.9 Å². The molecule has 0 bridgehead atoms. The van der Waals surface area contributed by atoms with Gasteiger partial charge in [0.05, 0.1) is 6.20 Å². The van der Waals surface area contributed by atoms with Gasteiger partial charge in [-0.2, -0.15) is 0 Å². The molecule has 1 saturated carbocycles. The molecule has 0 spiro atoms. The third-order valence-electron chi connectivity index (χ3n) is 3.10. The number of likely N-dealkylation sites (N-methyl/N-ethyl adjacent to an activating group) is 1. The average Bonchev–Trinajstić information content (AvgIpc) is 2.34. The SMILES string of the molecule is CCCOC1C(NC)CC1Oc1cncc(Br)c1. The lowest BCUT2D eigenvalue weighted by Gasteiger charge is -2.43. The van der Waals surface area contributed by atoms with Crippen LogP contribution in [-0.4, -0.2) is 36.9 Å². The van der Waals surface area contributed by atoms with E-state index in [1.54, 1.807) is 12.4 Å². The second-order valence-corrected chi connectivity index (χ2v) is 5.38. The normalized spacial score (nSPS) is 26.7. The number of aromatic nitrogens is 1. The zero-order chi connectivity index (χ0) is 13.0. The molecule has 1 fully saturated rings. The van der Waals surface area contributed by atoms with Gasteiger partial charge in [0.1, 0.15) is 18.0 Å². The van der Waals surface area contributed by atoms with Crippen molar-refractivity contribution in [3.05, 3.63) is 22.9 Å². The van der Waals surface area contributed by atoms with E-state index in [0.717, 1.165) is 29.7 Å². The zero-order valence-corrected chi connectivity index (χ0v) is 12.3. The third-order valence-corrected chi connectivity index (χ3v) is 3.54. The Balaban J connectivity index is 1.92. The number of halogens is 1. The minimum atomic E-state index is 0.116. The number of rotatable bonds is 6. The summed E-state index contributed by atoms with van der Waals surface area (Å²) in [6.07, 6.45) is 5.72. The van der Waals surface area contributed by atoms with Gasteiger partial charge in [0.15, 0.2) is 0 Å². The van der Waals surface area contributed by atoms with E-state index in [0.29, 0.717) is 6.04 Å². The molecule has 18 heavy (non-hydrogen) atoms. The summed E-state index contributed by atoms with van der Waals surface area (Å²) >= 11 is 3.39. The summed E-state index contributed by atoms with van der Waals surface area (Å²) in [5, 5.41) is 3.26. The van der Waals surface area contributed by atoms with E-state index >= 15 is 0 Å². The topological polar surface area (TPSA) is 43.4 Å². The van der Waals surface area contributed by atoms with E-state index in [4.69, 9.17) is 9.47 Å². The molecular weight excluding hydrogens is 296 g/mol. The van der Waals surface area contributed by atoms with Crippen LogP contribution in [0.5, 0.6) is 5.75 Å². The molecular formula is C13H19BrN2O2. The molecule has 2 rings (SSSR count). The molecule has 1 N–H and O–H groups in total. The molecule has 1 heterocycles. The van der Waals surface area contributed by atoms with E-state index in [1.807, 2.05) is 13.1 Å². The summed E-state index contributed by atoms with van der Waals surface area (Å²) in [6.45, 7) is 2.89. The Morgan fingerprint density at radius 2 is 2.33 bits per heavy atom. The molecule has 0 aromatic carbocycles. The quantitative estimate of drug-likeness (QED) is 0.875. The lowest BCUT2D eigenvalue weighted by molar-refractivity contribution is -0.106. The summed E-state index contributed by atoms with van der Waals surface area (Å²) in [6, 6.07) is 2.32. The summed E-state index contributed by atoms with van der Waals surface area (Å²) in [5.41, 5.74) is 0. The highest BCUT2D eigenvalue weighted by Gasteiger charge is 2.42. The molecule has 100 valence electrons. The number of ether oxygens (including phenoxy) is 2. The summed E-state index contributed by atoms with van der Waals surface area (Å²) in [5.74, 6) is 0.786. The minimum Gasteiger partial charge on any atom is -0.486 e. The molecule has 0 amide bonds. The summed E-state index contributed by atoms with van der Waals surface area (Å²) < 4.78 is 12.7. The Bertz CT molecular complexity index is 389. The first-order chi connectivity index (χ1) is 8.74. The molecule has 0 aliphatic heterocycles. The second kappa shape index (κ2) is 6.50. The van der Waals surface area contributed by atoms with Crippen LogP contribution >= 0.6 is 15.9 Å². The molecule has 1 aromatic rings. The van der Waals surface area contributed by atoms with Crippen molar-refractivity contribution in [3.8, 4) is 5.75 Å². The highest BCUT2D eigenvalue weighted by molar-refractivity contribution is 9.10. The van der Waals surface area contributed by atoms with Crippen LogP contribution in [0.25, 0.3) is 0 Å². The Morgan fingerprint density at radius 1 is 1.50 bits per heavy atom. The van der Waals surface area contributed by atoms with Gasteiger partial charge in [0.25, 0.3) is 0 Å². The largest absolute Gasteiger partial charge is 0.486 e. The summed E-state index contributed by atoms with van der Waals surface area (Å²) in [7, 11) is 1.96. The predicted molar refractivity (Wildman–Crippen MR) is 73.8 cm³/mol. The monoisotopic (exact) mass is 314 g/mol. The molecule has 0 saturated heterocycles. The van der Waals surface area contributed by atoms with Crippen LogP contribution in [-0.2, 0) is 4.74 Å². The predicted octanol–water partition coefficient (Wildman–Crippen LogP) is 2.38. The van der Waals surface area contributed by atoms with Crippen LogP contribution < -0.4 is 10.1 Å². The van der Waals surface area contributed by atoms with E-state index in [2.05, 4.69) is 33.2 Å². The first-order valence-corrected chi connectivity index (χ1v) is 7.10. The van der Waals surface area contributed by atoms with Crippen molar-refractivity contribution in [2.75, 3.05) is 13.7 Å². The van der Waals surface area contributed by atoms with Crippen molar-refractivity contribution < 1.29 is 9.47 Å². The lowest BCUT2D eigenvalue weighted by Crippen LogP contribution is -2.60. The molecule has 1 aliphatic rings. The fourth-order valence-corrected chi connectivity index (χ4v) is 2.43. The van der Waals surface area contributed by atoms with E-state index in [1.165, 1.54) is 0 Å². The molecule has 5 heteroatoms. The van der Waals surface area contributed by atoms with Crippen molar-refractivity contribution in [1.82, 2.24) is 10.3 Å². The average molecular weight is 315 g/mol. The molecule has 1 aromatic heterocycles. The zero-order valence-electron chi connectivity index (χ0n) is 10.7. The van der Waals surface area contributed by atoms with E-state index in [9.17, 15) is 0 Å². The van der Waals surface area contributed by atoms with Crippen molar-refractivity contribution in [3.63, 3.8) is 0 Å². The second-order valence-electron chi connectivity index (χ2n) is 4.46. The Kier molecular flexibility index (Phi) is 4.97. The van der Waals surface area contributed by atoms with Gasteiger partial charge in [0, 0.05) is 29.7 Å². The lowest BCUT2D eigenvalue weighted by atomic mass is 9.85. The fourth-order valence-electron chi connectivity index (χ4n) is 2.09. The molecule has 0 radical (unpaired) electrons. The highest BCUT2D eigenvalue weighted by Crippen LogP contribution is 2.29.